The van der Waals surface area contributed by atoms with E-state index in [0.717, 1.165) is 27.9 Å². The van der Waals surface area contributed by atoms with Crippen LogP contribution in [0, 0.1) is 6.92 Å². The van der Waals surface area contributed by atoms with Gasteiger partial charge in [0, 0.05) is 5.56 Å². The second-order valence-electron chi connectivity index (χ2n) is 9.98. The topological polar surface area (TPSA) is 97.0 Å². The Kier molecular flexibility index (Phi) is 9.11. The molecule has 1 N–H and O–H groups in total. The Labute approximate surface area is 260 Å². The minimum Gasteiger partial charge on any atom is -0.406 e. The lowest BCUT2D eigenvalue weighted by molar-refractivity contribution is -0.274. The number of amides is 1. The number of amidine groups is 1. The van der Waals surface area contributed by atoms with E-state index in [1.807, 2.05) is 43.3 Å². The van der Waals surface area contributed by atoms with Crippen LogP contribution < -0.4 is 15.1 Å². The molecule has 0 spiro atoms. The van der Waals surface area contributed by atoms with Gasteiger partial charge in [0.25, 0.3) is 0 Å². The maximum Gasteiger partial charge on any atom is 0.573 e. The van der Waals surface area contributed by atoms with Gasteiger partial charge in [-0.2, -0.15) is 10.1 Å². The number of ether oxygens (including phenoxy) is 1. The fourth-order valence-electron chi connectivity index (χ4n) is 4.33. The molecule has 1 saturated heterocycles. The van der Waals surface area contributed by atoms with Gasteiger partial charge in [-0.25, -0.2) is 9.67 Å². The summed E-state index contributed by atoms with van der Waals surface area (Å²) in [5, 5.41) is 9.20. The summed E-state index contributed by atoms with van der Waals surface area (Å²) in [6, 6.07) is 18.6. The molecule has 1 aliphatic heterocycles. The van der Waals surface area contributed by atoms with Gasteiger partial charge in [-0.05, 0) is 66.5 Å². The summed E-state index contributed by atoms with van der Waals surface area (Å²) in [6.07, 6.45) is -1.71. The molecule has 1 amide bonds. The van der Waals surface area contributed by atoms with Crippen LogP contribution in [0.25, 0.3) is 17.1 Å². The van der Waals surface area contributed by atoms with Gasteiger partial charge in [0.15, 0.2) is 11.0 Å². The number of halogens is 3. The van der Waals surface area contributed by atoms with Crippen molar-refractivity contribution >= 4 is 52.1 Å². The standard InChI is InChI=1S/C30H26F3N7O2S2/c1-18(2)24-14-19(3)4-13-25(24)40-26(41)16-44-29(40)36-28(43)37-35-15-20-5-7-21(8-6-20)27-34-17-39(38-27)22-9-11-23(12-10-22)42-30(31,32)33/h4-15,17-18H,16H2,1-3H3,(H,37,43)/b35-15+,36-29?. The van der Waals surface area contributed by atoms with Crippen LogP contribution in [0.5, 0.6) is 5.75 Å². The highest BCUT2D eigenvalue weighted by atomic mass is 32.2. The smallest absolute Gasteiger partial charge is 0.406 e. The van der Waals surface area contributed by atoms with Gasteiger partial charge in [-0.15, -0.1) is 18.3 Å². The molecular formula is C30H26F3N7O2S2. The van der Waals surface area contributed by atoms with E-state index in [0.29, 0.717) is 16.7 Å². The number of carbonyl (C=O) groups is 1. The number of benzene rings is 3. The quantitative estimate of drug-likeness (QED) is 0.138. The maximum atomic E-state index is 12.8. The number of anilines is 1. The molecule has 5 rings (SSSR count). The number of hydrogen-bond acceptors (Lipinski definition) is 7. The van der Waals surface area contributed by atoms with Crippen LogP contribution >= 0.6 is 24.0 Å². The van der Waals surface area contributed by atoms with Crippen LogP contribution in [-0.2, 0) is 4.79 Å². The third-order valence-electron chi connectivity index (χ3n) is 6.38. The van der Waals surface area contributed by atoms with Crippen LogP contribution in [0.15, 0.2) is 83.2 Å². The molecule has 3 aromatic carbocycles. The first-order valence-electron chi connectivity index (χ1n) is 13.3. The Morgan fingerprint density at radius 1 is 1.11 bits per heavy atom. The van der Waals surface area contributed by atoms with E-state index in [-0.39, 0.29) is 28.4 Å². The molecule has 0 radical (unpaired) electrons. The predicted molar refractivity (Wildman–Crippen MR) is 169 cm³/mol. The molecule has 226 valence electrons. The number of carbonyl (C=O) groups excluding carboxylic acids is 1. The number of hydrazone groups is 1. The van der Waals surface area contributed by atoms with E-state index in [9.17, 15) is 18.0 Å². The van der Waals surface area contributed by atoms with Gasteiger partial charge in [0.2, 0.25) is 11.0 Å². The molecule has 1 fully saturated rings. The lowest BCUT2D eigenvalue weighted by atomic mass is 9.98. The van der Waals surface area contributed by atoms with Crippen molar-refractivity contribution in [1.82, 2.24) is 20.2 Å². The highest BCUT2D eigenvalue weighted by molar-refractivity contribution is 8.15. The van der Waals surface area contributed by atoms with E-state index < -0.39 is 6.36 Å². The summed E-state index contributed by atoms with van der Waals surface area (Å²) >= 11 is 6.70. The van der Waals surface area contributed by atoms with Crippen molar-refractivity contribution < 1.29 is 22.7 Å². The third-order valence-corrected chi connectivity index (χ3v) is 7.48. The van der Waals surface area contributed by atoms with Crippen LogP contribution in [-0.4, -0.2) is 49.3 Å². The zero-order valence-corrected chi connectivity index (χ0v) is 25.4. The number of thiocarbonyl (C=S) groups is 1. The Morgan fingerprint density at radius 3 is 2.52 bits per heavy atom. The molecule has 4 aromatic rings. The number of aryl methyl sites for hydroxylation is 1. The van der Waals surface area contributed by atoms with Crippen molar-refractivity contribution in [3.63, 3.8) is 0 Å². The van der Waals surface area contributed by atoms with Gasteiger partial charge in [-0.1, -0.05) is 67.6 Å². The number of hydrogen-bond donors (Lipinski definition) is 1. The van der Waals surface area contributed by atoms with Crippen LogP contribution in [0.4, 0.5) is 18.9 Å². The Hall–Kier alpha value is -4.56. The molecule has 0 unspecified atom stereocenters. The summed E-state index contributed by atoms with van der Waals surface area (Å²) in [5.74, 6) is 0.553. The second-order valence-corrected chi connectivity index (χ2v) is 11.3. The SMILES string of the molecule is Cc1ccc(N2C(=O)CSC2=NC(=S)N/N=C/c2ccc(-c3ncn(-c4ccc(OC(F)(F)F)cc4)n3)cc2)c(C(C)C)c1. The van der Waals surface area contributed by atoms with E-state index >= 15 is 0 Å². The average molecular weight is 638 g/mol. The fraction of sp³-hybridized carbons (Fsp3) is 0.200. The molecule has 9 nitrogen and oxygen atoms in total. The summed E-state index contributed by atoms with van der Waals surface area (Å²) in [7, 11) is 0. The molecule has 14 heteroatoms. The monoisotopic (exact) mass is 637 g/mol. The van der Waals surface area contributed by atoms with Crippen molar-refractivity contribution in [1.29, 1.82) is 0 Å². The molecule has 0 aliphatic carbocycles. The van der Waals surface area contributed by atoms with Crippen LogP contribution in [0.1, 0.15) is 36.5 Å². The van der Waals surface area contributed by atoms with E-state index in [1.165, 1.54) is 47.0 Å². The fourth-order valence-corrected chi connectivity index (χ4v) is 5.40. The Balaban J connectivity index is 1.21. The van der Waals surface area contributed by atoms with Crippen molar-refractivity contribution in [2.24, 2.45) is 10.1 Å². The first kappa shape index (κ1) is 30.9. The molecular weight excluding hydrogens is 612 g/mol. The molecule has 0 atom stereocenters. The Bertz CT molecular complexity index is 1730. The number of aliphatic imine (C=N–C) groups is 1. The van der Waals surface area contributed by atoms with Gasteiger partial charge in [-0.3, -0.25) is 15.1 Å². The van der Waals surface area contributed by atoms with Crippen molar-refractivity contribution in [2.45, 2.75) is 33.1 Å². The van der Waals surface area contributed by atoms with Gasteiger partial charge in [0.05, 0.1) is 23.3 Å². The first-order chi connectivity index (χ1) is 21.0. The van der Waals surface area contributed by atoms with Crippen molar-refractivity contribution in [3.05, 3.63) is 89.7 Å². The highest BCUT2D eigenvalue weighted by Gasteiger charge is 2.32. The van der Waals surface area contributed by atoms with Crippen molar-refractivity contribution in [2.75, 3.05) is 10.7 Å². The lowest BCUT2D eigenvalue weighted by Crippen LogP contribution is -2.31. The second kappa shape index (κ2) is 13.0. The van der Waals surface area contributed by atoms with Gasteiger partial charge in [0.1, 0.15) is 12.1 Å². The minimum atomic E-state index is -4.76. The molecule has 0 bridgehead atoms. The number of nitrogens with zero attached hydrogens (tertiary/aromatic N) is 6. The third kappa shape index (κ3) is 7.50. The van der Waals surface area contributed by atoms with Crippen LogP contribution in [0.3, 0.4) is 0 Å². The molecule has 0 saturated carbocycles. The number of thioether (sulfide) groups is 1. The summed E-state index contributed by atoms with van der Waals surface area (Å²) in [6.45, 7) is 6.19. The lowest BCUT2D eigenvalue weighted by Gasteiger charge is -2.22. The van der Waals surface area contributed by atoms with Crippen molar-refractivity contribution in [3.8, 4) is 22.8 Å². The number of rotatable bonds is 7. The van der Waals surface area contributed by atoms with E-state index in [4.69, 9.17) is 12.2 Å². The first-order valence-corrected chi connectivity index (χ1v) is 14.7. The largest absolute Gasteiger partial charge is 0.573 e. The summed E-state index contributed by atoms with van der Waals surface area (Å²) in [4.78, 5) is 23.1. The number of alkyl halides is 3. The normalized spacial score (nSPS) is 14.7. The van der Waals surface area contributed by atoms with Gasteiger partial charge < -0.3 is 4.74 Å². The predicted octanol–water partition coefficient (Wildman–Crippen LogP) is 6.61. The molecule has 1 aliphatic rings. The van der Waals surface area contributed by atoms with E-state index in [2.05, 4.69) is 50.3 Å². The van der Waals surface area contributed by atoms with Crippen LogP contribution in [0.2, 0.25) is 0 Å². The highest BCUT2D eigenvalue weighted by Crippen LogP contribution is 2.34. The Morgan fingerprint density at radius 2 is 1.84 bits per heavy atom. The zero-order valence-electron chi connectivity index (χ0n) is 23.7. The maximum absolute atomic E-state index is 12.8. The molecule has 1 aromatic heterocycles. The zero-order chi connectivity index (χ0) is 31.4. The van der Waals surface area contributed by atoms with E-state index in [1.54, 1.807) is 11.1 Å². The molecule has 2 heterocycles. The minimum absolute atomic E-state index is 0.0568. The number of nitrogens with one attached hydrogen (secondary N) is 1. The van der Waals surface area contributed by atoms with Gasteiger partial charge >= 0.3 is 6.36 Å². The number of aromatic nitrogens is 3. The molecule has 44 heavy (non-hydrogen) atoms. The average Bonchev–Trinajstić information content (AvgIpc) is 3.60. The summed E-state index contributed by atoms with van der Waals surface area (Å²) in [5.41, 5.74) is 7.74. The summed E-state index contributed by atoms with van der Waals surface area (Å²) < 4.78 is 42.5.